The molecule has 0 aromatic carbocycles. The summed E-state index contributed by atoms with van der Waals surface area (Å²) in [5.41, 5.74) is -0.0679. The van der Waals surface area contributed by atoms with Gasteiger partial charge in [-0.2, -0.15) is 0 Å². The Morgan fingerprint density at radius 3 is 2.36 bits per heavy atom. The number of carbonyl (C=O) groups is 1. The molecule has 0 bridgehead atoms. The summed E-state index contributed by atoms with van der Waals surface area (Å²) >= 11 is 0. The third kappa shape index (κ3) is 4.20. The molecule has 0 atom stereocenters. The van der Waals surface area contributed by atoms with Gasteiger partial charge in [-0.15, -0.1) is 0 Å². The van der Waals surface area contributed by atoms with Gasteiger partial charge in [0, 0.05) is 19.0 Å². The molecule has 1 rings (SSSR count). The van der Waals surface area contributed by atoms with Crippen LogP contribution in [0.2, 0.25) is 0 Å². The van der Waals surface area contributed by atoms with Crippen molar-refractivity contribution in [3.63, 3.8) is 0 Å². The van der Waals surface area contributed by atoms with Crippen molar-refractivity contribution >= 4 is 6.29 Å². The van der Waals surface area contributed by atoms with Crippen LogP contribution in [0.15, 0.2) is 0 Å². The van der Waals surface area contributed by atoms with Crippen molar-refractivity contribution in [3.8, 4) is 0 Å². The van der Waals surface area contributed by atoms with E-state index in [1.54, 1.807) is 0 Å². The summed E-state index contributed by atoms with van der Waals surface area (Å²) in [7, 11) is 0. The van der Waals surface area contributed by atoms with E-state index in [1.165, 1.54) is 0 Å². The van der Waals surface area contributed by atoms with Gasteiger partial charge in [-0.05, 0) is 33.6 Å². The molecule has 3 heteroatoms. The predicted octanol–water partition coefficient (Wildman–Crippen LogP) is 1.67. The monoisotopic (exact) mass is 199 g/mol. The fraction of sp³-hybridized carbons (Fsp3) is 0.909. The van der Waals surface area contributed by atoms with E-state index >= 15 is 0 Å². The van der Waals surface area contributed by atoms with Gasteiger partial charge in [0.25, 0.3) is 0 Å². The predicted molar refractivity (Wildman–Crippen MR) is 56.1 cm³/mol. The molecule has 1 saturated heterocycles. The first-order valence-corrected chi connectivity index (χ1v) is 5.33. The lowest BCUT2D eigenvalue weighted by Gasteiger charge is -2.31. The van der Waals surface area contributed by atoms with Gasteiger partial charge in [0.05, 0.1) is 12.3 Å². The standard InChI is InChI=1S/C11H21NO2/c1-11(2,3)14-9-12-6-4-10(8-13)5-7-12/h8,10H,4-7,9H2,1-3H3. The van der Waals surface area contributed by atoms with E-state index < -0.39 is 0 Å². The van der Waals surface area contributed by atoms with Crippen molar-refractivity contribution < 1.29 is 9.53 Å². The summed E-state index contributed by atoms with van der Waals surface area (Å²) in [6.07, 6.45) is 3.05. The Hall–Kier alpha value is -0.410. The van der Waals surface area contributed by atoms with Crippen molar-refractivity contribution in [2.24, 2.45) is 5.92 Å². The molecule has 14 heavy (non-hydrogen) atoms. The molecular formula is C11H21NO2. The van der Waals surface area contributed by atoms with Crippen LogP contribution in [0.5, 0.6) is 0 Å². The summed E-state index contributed by atoms with van der Waals surface area (Å²) < 4.78 is 5.68. The third-order valence-corrected chi connectivity index (χ3v) is 2.50. The van der Waals surface area contributed by atoms with Gasteiger partial charge in [0.15, 0.2) is 0 Å². The fourth-order valence-corrected chi connectivity index (χ4v) is 1.50. The number of hydrogen-bond acceptors (Lipinski definition) is 3. The summed E-state index contributed by atoms with van der Waals surface area (Å²) in [5, 5.41) is 0. The average molecular weight is 199 g/mol. The maximum absolute atomic E-state index is 10.5. The van der Waals surface area contributed by atoms with Crippen molar-refractivity contribution in [1.82, 2.24) is 4.90 Å². The van der Waals surface area contributed by atoms with Crippen LogP contribution in [0.1, 0.15) is 33.6 Å². The first-order valence-electron chi connectivity index (χ1n) is 5.33. The van der Waals surface area contributed by atoms with Crippen LogP contribution in [0, 0.1) is 5.92 Å². The van der Waals surface area contributed by atoms with Crippen LogP contribution in [0.4, 0.5) is 0 Å². The number of nitrogens with zero attached hydrogens (tertiary/aromatic N) is 1. The van der Waals surface area contributed by atoms with Gasteiger partial charge in [0.1, 0.15) is 6.29 Å². The van der Waals surface area contributed by atoms with Gasteiger partial charge in [-0.1, -0.05) is 0 Å². The van der Waals surface area contributed by atoms with Gasteiger partial charge in [0.2, 0.25) is 0 Å². The highest BCUT2D eigenvalue weighted by Gasteiger charge is 2.20. The normalized spacial score (nSPS) is 21.1. The van der Waals surface area contributed by atoms with Crippen LogP contribution >= 0.6 is 0 Å². The number of hydrogen-bond donors (Lipinski definition) is 0. The Kier molecular flexibility index (Phi) is 4.08. The van der Waals surface area contributed by atoms with Crippen LogP contribution in [0.25, 0.3) is 0 Å². The highest BCUT2D eigenvalue weighted by molar-refractivity contribution is 5.53. The molecule has 0 aliphatic carbocycles. The summed E-state index contributed by atoms with van der Waals surface area (Å²) in [6.45, 7) is 8.84. The van der Waals surface area contributed by atoms with Crippen molar-refractivity contribution in [2.75, 3.05) is 19.8 Å². The lowest BCUT2D eigenvalue weighted by atomic mass is 9.99. The molecule has 1 aliphatic heterocycles. The van der Waals surface area contributed by atoms with Crippen molar-refractivity contribution in [1.29, 1.82) is 0 Å². The van der Waals surface area contributed by atoms with Crippen molar-refractivity contribution in [2.45, 2.75) is 39.2 Å². The molecule has 0 saturated carbocycles. The second-order valence-electron chi connectivity index (χ2n) is 4.98. The van der Waals surface area contributed by atoms with E-state index in [4.69, 9.17) is 4.74 Å². The zero-order valence-electron chi connectivity index (χ0n) is 9.45. The van der Waals surface area contributed by atoms with Crippen LogP contribution in [0.3, 0.4) is 0 Å². The zero-order valence-corrected chi connectivity index (χ0v) is 9.45. The topological polar surface area (TPSA) is 29.5 Å². The Labute approximate surface area is 86.4 Å². The molecule has 82 valence electrons. The highest BCUT2D eigenvalue weighted by atomic mass is 16.5. The lowest BCUT2D eigenvalue weighted by Crippen LogP contribution is -2.38. The maximum atomic E-state index is 10.5. The SMILES string of the molecule is CC(C)(C)OCN1CCC(C=O)CC1. The van der Waals surface area contributed by atoms with E-state index in [9.17, 15) is 4.79 Å². The summed E-state index contributed by atoms with van der Waals surface area (Å²) in [4.78, 5) is 12.8. The molecule has 0 radical (unpaired) electrons. The molecule has 1 aliphatic rings. The number of likely N-dealkylation sites (tertiary alicyclic amines) is 1. The van der Waals surface area contributed by atoms with E-state index in [1.807, 2.05) is 0 Å². The zero-order chi connectivity index (χ0) is 10.6. The van der Waals surface area contributed by atoms with E-state index in [0.29, 0.717) is 6.73 Å². The molecule has 1 fully saturated rings. The molecular weight excluding hydrogens is 178 g/mol. The van der Waals surface area contributed by atoms with Gasteiger partial charge in [-0.25, -0.2) is 0 Å². The lowest BCUT2D eigenvalue weighted by molar-refractivity contribution is -0.114. The number of ether oxygens (including phenoxy) is 1. The Morgan fingerprint density at radius 1 is 1.36 bits per heavy atom. The number of rotatable bonds is 3. The minimum atomic E-state index is -0.0679. The third-order valence-electron chi connectivity index (χ3n) is 2.50. The van der Waals surface area contributed by atoms with Crippen molar-refractivity contribution in [3.05, 3.63) is 0 Å². The fourth-order valence-electron chi connectivity index (χ4n) is 1.50. The van der Waals surface area contributed by atoms with Crippen LogP contribution < -0.4 is 0 Å². The van der Waals surface area contributed by atoms with E-state index in [0.717, 1.165) is 32.2 Å². The van der Waals surface area contributed by atoms with E-state index in [2.05, 4.69) is 25.7 Å². The minimum absolute atomic E-state index is 0.0679. The van der Waals surface area contributed by atoms with Gasteiger partial charge < -0.3 is 9.53 Å². The number of carbonyl (C=O) groups excluding carboxylic acids is 1. The molecule has 0 N–H and O–H groups in total. The second-order valence-corrected chi connectivity index (χ2v) is 4.98. The average Bonchev–Trinajstić information content (AvgIpc) is 2.14. The van der Waals surface area contributed by atoms with E-state index in [-0.39, 0.29) is 11.5 Å². The van der Waals surface area contributed by atoms with Gasteiger partial charge in [-0.3, -0.25) is 4.90 Å². The Balaban J connectivity index is 2.19. The largest absolute Gasteiger partial charge is 0.360 e. The van der Waals surface area contributed by atoms with Crippen LogP contribution in [-0.4, -0.2) is 36.6 Å². The van der Waals surface area contributed by atoms with Crippen LogP contribution in [-0.2, 0) is 9.53 Å². The second kappa shape index (κ2) is 4.89. The quantitative estimate of drug-likeness (QED) is 0.648. The molecule has 0 spiro atoms. The summed E-state index contributed by atoms with van der Waals surface area (Å²) in [6, 6.07) is 0. The minimum Gasteiger partial charge on any atom is -0.360 e. The molecule has 0 unspecified atom stereocenters. The Bertz CT molecular complexity index is 178. The molecule has 0 aromatic heterocycles. The highest BCUT2D eigenvalue weighted by Crippen LogP contribution is 2.16. The number of piperidine rings is 1. The van der Waals surface area contributed by atoms with Gasteiger partial charge >= 0.3 is 0 Å². The summed E-state index contributed by atoms with van der Waals surface area (Å²) in [5.74, 6) is 0.279. The maximum Gasteiger partial charge on any atom is 0.123 e. The molecule has 1 heterocycles. The first kappa shape index (κ1) is 11.7. The number of aldehydes is 1. The smallest absolute Gasteiger partial charge is 0.123 e. The first-order chi connectivity index (χ1) is 6.51. The Morgan fingerprint density at radius 2 is 1.93 bits per heavy atom. The molecule has 3 nitrogen and oxygen atoms in total. The molecule has 0 aromatic rings. The molecule has 0 amide bonds.